The fraction of sp³-hybridized carbons (Fsp3) is 0.538. The van der Waals surface area contributed by atoms with Crippen LogP contribution in [0.3, 0.4) is 0 Å². The molecule has 0 aliphatic carbocycles. The van der Waals surface area contributed by atoms with E-state index in [1.807, 2.05) is 6.92 Å². The molecule has 2 unspecified atom stereocenters. The Hall–Kier alpha value is -1.73. The lowest BCUT2D eigenvalue weighted by atomic mass is 10.1. The van der Waals surface area contributed by atoms with Crippen LogP contribution in [0.1, 0.15) is 13.3 Å². The molecule has 2 N–H and O–H groups in total. The SMILES string of the molecule is CC(CC1COCCN1)Nc1cc(F)cc([N+](=O)[O-])c1. The molecule has 1 aliphatic heterocycles. The Morgan fingerprint density at radius 2 is 2.40 bits per heavy atom. The number of rotatable bonds is 5. The summed E-state index contributed by atoms with van der Waals surface area (Å²) in [7, 11) is 0. The summed E-state index contributed by atoms with van der Waals surface area (Å²) in [6.45, 7) is 4.14. The van der Waals surface area contributed by atoms with Crippen molar-refractivity contribution < 1.29 is 14.1 Å². The highest BCUT2D eigenvalue weighted by molar-refractivity contribution is 5.52. The molecular formula is C13H18FN3O3. The second-order valence-electron chi connectivity index (χ2n) is 4.96. The number of benzene rings is 1. The number of hydrogen-bond donors (Lipinski definition) is 2. The van der Waals surface area contributed by atoms with Crippen LogP contribution in [0.15, 0.2) is 18.2 Å². The molecular weight excluding hydrogens is 265 g/mol. The van der Waals surface area contributed by atoms with E-state index < -0.39 is 10.7 Å². The van der Waals surface area contributed by atoms with Gasteiger partial charge in [-0.15, -0.1) is 0 Å². The Morgan fingerprint density at radius 1 is 1.60 bits per heavy atom. The first-order valence-corrected chi connectivity index (χ1v) is 6.57. The number of ether oxygens (including phenoxy) is 1. The van der Waals surface area contributed by atoms with Gasteiger partial charge in [-0.25, -0.2) is 4.39 Å². The number of nitro groups is 1. The number of nitrogens with one attached hydrogen (secondary N) is 2. The van der Waals surface area contributed by atoms with Crippen molar-refractivity contribution in [1.29, 1.82) is 0 Å². The minimum atomic E-state index is -0.618. The van der Waals surface area contributed by atoms with Crippen LogP contribution in [0.4, 0.5) is 15.8 Å². The molecule has 1 aliphatic rings. The zero-order valence-corrected chi connectivity index (χ0v) is 11.3. The van der Waals surface area contributed by atoms with Crippen LogP contribution in [0.5, 0.6) is 0 Å². The Bertz CT molecular complexity index is 478. The van der Waals surface area contributed by atoms with Crippen LogP contribution in [0, 0.1) is 15.9 Å². The maximum absolute atomic E-state index is 13.3. The molecule has 1 saturated heterocycles. The minimum absolute atomic E-state index is 0.0515. The van der Waals surface area contributed by atoms with Crippen LogP contribution >= 0.6 is 0 Å². The van der Waals surface area contributed by atoms with Crippen LogP contribution in [-0.2, 0) is 4.74 Å². The second kappa shape index (κ2) is 6.62. The van der Waals surface area contributed by atoms with Gasteiger partial charge in [0.1, 0.15) is 5.82 Å². The van der Waals surface area contributed by atoms with E-state index in [-0.39, 0.29) is 17.8 Å². The molecule has 0 aromatic heterocycles. The summed E-state index contributed by atoms with van der Waals surface area (Å²) in [5, 5.41) is 17.1. The van der Waals surface area contributed by atoms with Gasteiger partial charge in [0.25, 0.3) is 5.69 Å². The fourth-order valence-electron chi connectivity index (χ4n) is 2.30. The Balaban J connectivity index is 1.96. The van der Waals surface area contributed by atoms with Crippen LogP contribution in [0.25, 0.3) is 0 Å². The molecule has 0 bridgehead atoms. The van der Waals surface area contributed by atoms with Crippen molar-refractivity contribution in [3.8, 4) is 0 Å². The van der Waals surface area contributed by atoms with Crippen molar-refractivity contribution >= 4 is 11.4 Å². The molecule has 1 heterocycles. The van der Waals surface area contributed by atoms with E-state index >= 15 is 0 Å². The fourth-order valence-corrected chi connectivity index (χ4v) is 2.30. The first-order valence-electron chi connectivity index (χ1n) is 6.57. The molecule has 2 rings (SSSR count). The maximum Gasteiger partial charge on any atom is 0.274 e. The monoisotopic (exact) mass is 283 g/mol. The van der Waals surface area contributed by atoms with Gasteiger partial charge < -0.3 is 15.4 Å². The third-order valence-electron chi connectivity index (χ3n) is 3.14. The molecule has 1 fully saturated rings. The largest absolute Gasteiger partial charge is 0.382 e. The lowest BCUT2D eigenvalue weighted by Crippen LogP contribution is -2.43. The molecule has 0 radical (unpaired) electrons. The normalized spacial score (nSPS) is 20.4. The van der Waals surface area contributed by atoms with E-state index in [1.165, 1.54) is 12.1 Å². The highest BCUT2D eigenvalue weighted by atomic mass is 19.1. The lowest BCUT2D eigenvalue weighted by Gasteiger charge is -2.27. The molecule has 0 amide bonds. The Kier molecular flexibility index (Phi) is 4.86. The van der Waals surface area contributed by atoms with Gasteiger partial charge in [0, 0.05) is 30.4 Å². The number of hydrogen-bond acceptors (Lipinski definition) is 5. The zero-order valence-electron chi connectivity index (χ0n) is 11.3. The van der Waals surface area contributed by atoms with Gasteiger partial charge >= 0.3 is 0 Å². The van der Waals surface area contributed by atoms with Gasteiger partial charge in [-0.2, -0.15) is 0 Å². The van der Waals surface area contributed by atoms with Crippen molar-refractivity contribution in [3.63, 3.8) is 0 Å². The van der Waals surface area contributed by atoms with E-state index in [1.54, 1.807) is 0 Å². The molecule has 1 aromatic carbocycles. The molecule has 7 heteroatoms. The summed E-state index contributed by atoms with van der Waals surface area (Å²) >= 11 is 0. The molecule has 0 saturated carbocycles. The second-order valence-corrected chi connectivity index (χ2v) is 4.96. The first kappa shape index (κ1) is 14.7. The number of anilines is 1. The van der Waals surface area contributed by atoms with Crippen LogP contribution in [-0.4, -0.2) is 36.8 Å². The number of nitro benzene ring substituents is 1. The Labute approximate surface area is 116 Å². The average molecular weight is 283 g/mol. The quantitative estimate of drug-likeness (QED) is 0.637. The number of morpholine rings is 1. The summed E-state index contributed by atoms with van der Waals surface area (Å²) in [5.74, 6) is -0.618. The topological polar surface area (TPSA) is 76.4 Å². The van der Waals surface area contributed by atoms with Crippen molar-refractivity contribution in [2.45, 2.75) is 25.4 Å². The molecule has 0 spiro atoms. The summed E-state index contributed by atoms with van der Waals surface area (Å²) in [6, 6.07) is 3.80. The van der Waals surface area contributed by atoms with E-state index in [0.717, 1.165) is 19.0 Å². The van der Waals surface area contributed by atoms with Crippen molar-refractivity contribution in [2.75, 3.05) is 25.1 Å². The van der Waals surface area contributed by atoms with Gasteiger partial charge in [0.2, 0.25) is 0 Å². The summed E-state index contributed by atoms with van der Waals surface area (Å²) in [4.78, 5) is 10.1. The third kappa shape index (κ3) is 4.14. The molecule has 1 aromatic rings. The van der Waals surface area contributed by atoms with Gasteiger partial charge in [0.15, 0.2) is 0 Å². The highest BCUT2D eigenvalue weighted by Gasteiger charge is 2.17. The molecule has 20 heavy (non-hydrogen) atoms. The van der Waals surface area contributed by atoms with E-state index in [9.17, 15) is 14.5 Å². The predicted molar refractivity (Wildman–Crippen MR) is 73.4 cm³/mol. The standard InChI is InChI=1S/C13H18FN3O3/c1-9(4-12-8-20-3-2-15-12)16-11-5-10(14)6-13(7-11)17(18)19/h5-7,9,12,15-16H,2-4,8H2,1H3. The van der Waals surface area contributed by atoms with E-state index in [4.69, 9.17) is 4.74 Å². The van der Waals surface area contributed by atoms with Gasteiger partial charge in [-0.1, -0.05) is 0 Å². The van der Waals surface area contributed by atoms with E-state index in [2.05, 4.69) is 10.6 Å². The minimum Gasteiger partial charge on any atom is -0.382 e. The van der Waals surface area contributed by atoms with E-state index in [0.29, 0.717) is 18.9 Å². The van der Waals surface area contributed by atoms with Gasteiger partial charge in [-0.05, 0) is 19.4 Å². The first-order chi connectivity index (χ1) is 9.54. The number of non-ortho nitro benzene ring substituents is 1. The predicted octanol–water partition coefficient (Wildman–Crippen LogP) is 1.91. The number of halogens is 1. The van der Waals surface area contributed by atoms with Crippen molar-refractivity contribution in [1.82, 2.24) is 5.32 Å². The van der Waals surface area contributed by atoms with Crippen molar-refractivity contribution in [3.05, 3.63) is 34.1 Å². The summed E-state index contributed by atoms with van der Waals surface area (Å²) in [5.41, 5.74) is 0.166. The zero-order chi connectivity index (χ0) is 14.5. The smallest absolute Gasteiger partial charge is 0.274 e. The lowest BCUT2D eigenvalue weighted by molar-refractivity contribution is -0.385. The van der Waals surface area contributed by atoms with Gasteiger partial charge in [0.05, 0.1) is 24.2 Å². The number of nitrogens with zero attached hydrogens (tertiary/aromatic N) is 1. The third-order valence-corrected chi connectivity index (χ3v) is 3.14. The van der Waals surface area contributed by atoms with Crippen molar-refractivity contribution in [2.24, 2.45) is 0 Å². The maximum atomic E-state index is 13.3. The molecule has 110 valence electrons. The van der Waals surface area contributed by atoms with Gasteiger partial charge in [-0.3, -0.25) is 10.1 Å². The molecule has 6 nitrogen and oxygen atoms in total. The summed E-state index contributed by atoms with van der Waals surface area (Å²) < 4.78 is 18.7. The Morgan fingerprint density at radius 3 is 3.05 bits per heavy atom. The van der Waals surface area contributed by atoms with Crippen LogP contribution in [0.2, 0.25) is 0 Å². The molecule has 2 atom stereocenters. The average Bonchev–Trinajstić information content (AvgIpc) is 2.38. The van der Waals surface area contributed by atoms with Crippen LogP contribution < -0.4 is 10.6 Å². The summed E-state index contributed by atoms with van der Waals surface area (Å²) in [6.07, 6.45) is 0.796. The highest BCUT2D eigenvalue weighted by Crippen LogP contribution is 2.21.